The molecule has 10 heavy (non-hydrogen) atoms. The smallest absolute Gasteiger partial charge is 0.303 e. The highest BCUT2D eigenvalue weighted by molar-refractivity contribution is 7.45. The Kier molecular flexibility index (Phi) is 7.48. The number of phosphoric acid groups is 1. The molecule has 0 saturated carbocycles. The van der Waals surface area contributed by atoms with Crippen LogP contribution in [-0.2, 0) is 4.57 Å². The van der Waals surface area contributed by atoms with Gasteiger partial charge in [-0.3, -0.25) is 0 Å². The van der Waals surface area contributed by atoms with Crippen LogP contribution in [0.25, 0.3) is 0 Å². The monoisotopic (exact) mass is 170 g/mol. The van der Waals surface area contributed by atoms with Crippen LogP contribution in [0.2, 0.25) is 0 Å². The van der Waals surface area contributed by atoms with Gasteiger partial charge in [0, 0.05) is 0 Å². The molecular weight excluding hydrogens is 155 g/mol. The van der Waals surface area contributed by atoms with Crippen molar-refractivity contribution in [3.63, 3.8) is 0 Å². The van der Waals surface area contributed by atoms with Gasteiger partial charge in [-0.1, -0.05) is 27.2 Å². The summed E-state index contributed by atoms with van der Waals surface area (Å²) in [6, 6.07) is 0. The molecule has 0 aromatic carbocycles. The maximum atomic E-state index is 8.88. The van der Waals surface area contributed by atoms with E-state index in [2.05, 4.69) is 20.8 Å². The van der Waals surface area contributed by atoms with Crippen molar-refractivity contribution in [2.24, 2.45) is 5.92 Å². The molecule has 5 heteroatoms. The molecule has 0 aliphatic heterocycles. The standard InChI is InChI=1S/C5H12.H3O4P/c1-4-5(2)3;1-5(2,3)4/h5H,4H2,1-3H3;(H3,1,2,3,4). The van der Waals surface area contributed by atoms with E-state index in [1.165, 1.54) is 6.42 Å². The van der Waals surface area contributed by atoms with E-state index in [0.29, 0.717) is 0 Å². The van der Waals surface area contributed by atoms with Crippen LogP contribution >= 0.6 is 7.82 Å². The molecule has 0 radical (unpaired) electrons. The van der Waals surface area contributed by atoms with E-state index in [9.17, 15) is 0 Å². The van der Waals surface area contributed by atoms with Crippen LogP contribution in [-0.4, -0.2) is 14.7 Å². The van der Waals surface area contributed by atoms with Crippen LogP contribution in [0.15, 0.2) is 0 Å². The molecule has 0 spiro atoms. The van der Waals surface area contributed by atoms with Crippen LogP contribution < -0.4 is 0 Å². The van der Waals surface area contributed by atoms with E-state index < -0.39 is 7.82 Å². The minimum absolute atomic E-state index is 0.884. The van der Waals surface area contributed by atoms with Gasteiger partial charge in [0.2, 0.25) is 0 Å². The number of hydrogen-bond acceptors (Lipinski definition) is 1. The molecular formula is C5H15O4P. The van der Waals surface area contributed by atoms with E-state index >= 15 is 0 Å². The summed E-state index contributed by atoms with van der Waals surface area (Å²) in [6.07, 6.45) is 1.31. The molecule has 0 aromatic rings. The molecule has 0 aliphatic rings. The summed E-state index contributed by atoms with van der Waals surface area (Å²) in [5.41, 5.74) is 0. The van der Waals surface area contributed by atoms with Crippen LogP contribution in [0, 0.1) is 5.92 Å². The molecule has 0 rings (SSSR count). The van der Waals surface area contributed by atoms with Crippen molar-refractivity contribution in [2.75, 3.05) is 0 Å². The molecule has 4 nitrogen and oxygen atoms in total. The highest BCUT2D eigenvalue weighted by atomic mass is 31.2. The third-order valence-corrected chi connectivity index (χ3v) is 0.816. The zero-order valence-electron chi connectivity index (χ0n) is 6.48. The normalized spacial score (nSPS) is 10.7. The summed E-state index contributed by atoms with van der Waals surface area (Å²) < 4.78 is 8.88. The summed E-state index contributed by atoms with van der Waals surface area (Å²) in [5.74, 6) is 0.884. The van der Waals surface area contributed by atoms with Crippen molar-refractivity contribution in [3.8, 4) is 0 Å². The Morgan fingerprint density at radius 3 is 1.40 bits per heavy atom. The molecule has 0 aliphatic carbocycles. The highest BCUT2D eigenvalue weighted by Crippen LogP contribution is 2.25. The quantitative estimate of drug-likeness (QED) is 0.515. The summed E-state index contributed by atoms with van der Waals surface area (Å²) in [5, 5.41) is 0. The molecule has 0 saturated heterocycles. The average Bonchev–Trinajstić information content (AvgIpc) is 1.61. The fourth-order valence-electron chi connectivity index (χ4n) is 0. The maximum absolute atomic E-state index is 8.88. The Hall–Kier alpha value is 0.110. The highest BCUT2D eigenvalue weighted by Gasteiger charge is 2.00. The van der Waals surface area contributed by atoms with Gasteiger partial charge in [0.05, 0.1) is 0 Å². The van der Waals surface area contributed by atoms with Crippen LogP contribution in [0.5, 0.6) is 0 Å². The van der Waals surface area contributed by atoms with E-state index in [1.54, 1.807) is 0 Å². The topological polar surface area (TPSA) is 77.8 Å². The first-order chi connectivity index (χ1) is 4.27. The second kappa shape index (κ2) is 5.86. The SMILES string of the molecule is CCC(C)C.O=P(O)(O)O. The molecule has 3 N–H and O–H groups in total. The minimum atomic E-state index is -4.64. The van der Waals surface area contributed by atoms with Crippen molar-refractivity contribution in [2.45, 2.75) is 27.2 Å². The summed E-state index contributed by atoms with van der Waals surface area (Å²) in [6.45, 7) is 6.64. The van der Waals surface area contributed by atoms with Gasteiger partial charge in [-0.15, -0.1) is 0 Å². The Morgan fingerprint density at radius 2 is 1.40 bits per heavy atom. The third kappa shape index (κ3) is 92.1. The lowest BCUT2D eigenvalue weighted by Crippen LogP contribution is -1.77. The van der Waals surface area contributed by atoms with Crippen molar-refractivity contribution < 1.29 is 19.2 Å². The fraction of sp³-hybridized carbons (Fsp3) is 1.00. The predicted molar refractivity (Wildman–Crippen MR) is 39.4 cm³/mol. The minimum Gasteiger partial charge on any atom is -0.303 e. The van der Waals surface area contributed by atoms with Crippen LogP contribution in [0.1, 0.15) is 27.2 Å². The van der Waals surface area contributed by atoms with Crippen molar-refractivity contribution in [1.29, 1.82) is 0 Å². The molecule has 0 heterocycles. The van der Waals surface area contributed by atoms with Gasteiger partial charge in [0.15, 0.2) is 0 Å². The molecule has 0 fully saturated rings. The summed E-state index contributed by atoms with van der Waals surface area (Å²) >= 11 is 0. The second-order valence-electron chi connectivity index (χ2n) is 2.32. The zero-order chi connectivity index (χ0) is 8.78. The van der Waals surface area contributed by atoms with Crippen molar-refractivity contribution in [3.05, 3.63) is 0 Å². The van der Waals surface area contributed by atoms with E-state index in [0.717, 1.165) is 5.92 Å². The van der Waals surface area contributed by atoms with Gasteiger partial charge < -0.3 is 14.7 Å². The lowest BCUT2D eigenvalue weighted by atomic mass is 10.2. The fourth-order valence-corrected chi connectivity index (χ4v) is 0. The largest absolute Gasteiger partial charge is 0.466 e. The average molecular weight is 170 g/mol. The second-order valence-corrected chi connectivity index (χ2v) is 3.34. The lowest BCUT2D eigenvalue weighted by Gasteiger charge is -1.90. The maximum Gasteiger partial charge on any atom is 0.466 e. The molecule has 0 atom stereocenters. The summed E-state index contributed by atoms with van der Waals surface area (Å²) in [7, 11) is -4.64. The van der Waals surface area contributed by atoms with E-state index in [-0.39, 0.29) is 0 Å². The van der Waals surface area contributed by atoms with Crippen molar-refractivity contribution in [1.82, 2.24) is 0 Å². The predicted octanol–water partition coefficient (Wildman–Crippen LogP) is 1.12. The van der Waals surface area contributed by atoms with Gasteiger partial charge in [0.1, 0.15) is 0 Å². The van der Waals surface area contributed by atoms with E-state index in [4.69, 9.17) is 19.2 Å². The zero-order valence-corrected chi connectivity index (χ0v) is 7.38. The van der Waals surface area contributed by atoms with Gasteiger partial charge in [-0.25, -0.2) is 4.57 Å². The molecule has 0 bridgehead atoms. The first-order valence-electron chi connectivity index (χ1n) is 3.05. The molecule has 64 valence electrons. The van der Waals surface area contributed by atoms with Gasteiger partial charge in [-0.2, -0.15) is 0 Å². The lowest BCUT2D eigenvalue weighted by molar-refractivity contribution is 0.275. The third-order valence-electron chi connectivity index (χ3n) is 0.816. The Labute approximate surface area is 61.1 Å². The first kappa shape index (κ1) is 12.8. The summed E-state index contributed by atoms with van der Waals surface area (Å²) in [4.78, 5) is 21.6. The van der Waals surface area contributed by atoms with Crippen LogP contribution in [0.4, 0.5) is 0 Å². The Morgan fingerprint density at radius 1 is 1.30 bits per heavy atom. The Balaban J connectivity index is 0. The number of rotatable bonds is 1. The number of hydrogen-bond donors (Lipinski definition) is 3. The Bertz CT molecular complexity index is 98.0. The van der Waals surface area contributed by atoms with Crippen molar-refractivity contribution >= 4 is 7.82 Å². The van der Waals surface area contributed by atoms with Gasteiger partial charge in [0.25, 0.3) is 0 Å². The molecule has 0 aromatic heterocycles. The van der Waals surface area contributed by atoms with E-state index in [1.807, 2.05) is 0 Å². The van der Waals surface area contributed by atoms with Gasteiger partial charge >= 0.3 is 7.82 Å². The first-order valence-corrected chi connectivity index (χ1v) is 4.62. The molecule has 0 unspecified atom stereocenters. The van der Waals surface area contributed by atoms with Gasteiger partial charge in [-0.05, 0) is 5.92 Å². The van der Waals surface area contributed by atoms with Crippen LogP contribution in [0.3, 0.4) is 0 Å². The molecule has 0 amide bonds.